The molecule has 0 aliphatic carbocycles. The van der Waals surface area contributed by atoms with Gasteiger partial charge in [-0.2, -0.15) is 0 Å². The average molecular weight is 179 g/mol. The van der Waals surface area contributed by atoms with Gasteiger partial charge in [-0.3, -0.25) is 0 Å². The van der Waals surface area contributed by atoms with E-state index in [1.54, 1.807) is 6.07 Å². The Labute approximate surface area is 79.4 Å². The lowest BCUT2D eigenvalue weighted by molar-refractivity contribution is 0.457. The molecule has 0 aliphatic heterocycles. The molecule has 0 unspecified atom stereocenters. The summed E-state index contributed by atoms with van der Waals surface area (Å²) in [6.45, 7) is 4.04. The van der Waals surface area contributed by atoms with E-state index in [1.807, 2.05) is 19.1 Å². The van der Waals surface area contributed by atoms with Crippen LogP contribution in [-0.4, -0.2) is 5.11 Å². The van der Waals surface area contributed by atoms with Crippen LogP contribution in [0.3, 0.4) is 0 Å². The van der Waals surface area contributed by atoms with Crippen molar-refractivity contribution in [3.05, 3.63) is 29.3 Å². The Balaban J connectivity index is 2.88. The molecule has 0 saturated heterocycles. The van der Waals surface area contributed by atoms with Gasteiger partial charge in [0.2, 0.25) is 0 Å². The van der Waals surface area contributed by atoms with Gasteiger partial charge in [0.15, 0.2) is 0 Å². The molecule has 2 nitrogen and oxygen atoms in total. The largest absolute Gasteiger partial charge is 0.508 e. The van der Waals surface area contributed by atoms with Crippen molar-refractivity contribution < 1.29 is 5.11 Å². The zero-order chi connectivity index (χ0) is 9.84. The number of hydrogen-bond acceptors (Lipinski definition) is 2. The highest BCUT2D eigenvalue weighted by molar-refractivity contribution is 5.37. The Hall–Kier alpha value is -1.02. The summed E-state index contributed by atoms with van der Waals surface area (Å²) in [7, 11) is 0. The zero-order valence-electron chi connectivity index (χ0n) is 8.25. The summed E-state index contributed by atoms with van der Waals surface area (Å²) < 4.78 is 0. The lowest BCUT2D eigenvalue weighted by atomic mass is 10.0. The van der Waals surface area contributed by atoms with Gasteiger partial charge >= 0.3 is 0 Å². The molecule has 0 radical (unpaired) electrons. The monoisotopic (exact) mass is 179 g/mol. The van der Waals surface area contributed by atoms with Crippen molar-refractivity contribution in [3.63, 3.8) is 0 Å². The lowest BCUT2D eigenvalue weighted by Crippen LogP contribution is -2.09. The molecule has 1 rings (SSSR count). The van der Waals surface area contributed by atoms with Gasteiger partial charge in [0, 0.05) is 11.6 Å². The first-order chi connectivity index (χ1) is 6.15. The molecule has 0 amide bonds. The second-order valence-electron chi connectivity index (χ2n) is 3.46. The Bertz CT molecular complexity index is 283. The Kier molecular flexibility index (Phi) is 3.32. The second-order valence-corrected chi connectivity index (χ2v) is 3.46. The molecule has 2 heteroatoms. The fourth-order valence-corrected chi connectivity index (χ4v) is 1.43. The first-order valence-corrected chi connectivity index (χ1v) is 4.70. The highest BCUT2D eigenvalue weighted by Gasteiger charge is 2.09. The van der Waals surface area contributed by atoms with Crippen molar-refractivity contribution in [2.24, 2.45) is 5.73 Å². The summed E-state index contributed by atoms with van der Waals surface area (Å²) in [4.78, 5) is 0. The Morgan fingerprint density at radius 2 is 2.15 bits per heavy atom. The average Bonchev–Trinajstić information content (AvgIpc) is 2.04. The van der Waals surface area contributed by atoms with Crippen molar-refractivity contribution in [2.45, 2.75) is 32.7 Å². The molecule has 1 atom stereocenters. The summed E-state index contributed by atoms with van der Waals surface area (Å²) in [5, 5.41) is 9.61. The number of rotatable bonds is 3. The summed E-state index contributed by atoms with van der Waals surface area (Å²) in [5.74, 6) is 0.320. The molecule has 0 heterocycles. The number of phenols is 1. The van der Waals surface area contributed by atoms with Crippen LogP contribution < -0.4 is 5.73 Å². The fourth-order valence-electron chi connectivity index (χ4n) is 1.43. The molecule has 0 spiro atoms. The van der Waals surface area contributed by atoms with Crippen LogP contribution in [-0.2, 0) is 0 Å². The predicted octanol–water partition coefficient (Wildman–Crippen LogP) is 2.50. The van der Waals surface area contributed by atoms with E-state index in [0.29, 0.717) is 5.75 Å². The molecule has 13 heavy (non-hydrogen) atoms. The van der Waals surface area contributed by atoms with Crippen molar-refractivity contribution in [3.8, 4) is 5.75 Å². The van der Waals surface area contributed by atoms with E-state index in [4.69, 9.17) is 5.73 Å². The van der Waals surface area contributed by atoms with Gasteiger partial charge in [-0.25, -0.2) is 0 Å². The van der Waals surface area contributed by atoms with E-state index < -0.39 is 0 Å². The summed E-state index contributed by atoms with van der Waals surface area (Å²) in [5.41, 5.74) is 7.81. The highest BCUT2D eigenvalue weighted by Crippen LogP contribution is 2.26. The van der Waals surface area contributed by atoms with Crippen molar-refractivity contribution >= 4 is 0 Å². The van der Waals surface area contributed by atoms with E-state index in [2.05, 4.69) is 6.92 Å². The minimum atomic E-state index is -0.0365. The summed E-state index contributed by atoms with van der Waals surface area (Å²) in [6, 6.07) is 5.60. The standard InChI is InChI=1S/C11H17NO/c1-3-4-10(12)9-6-5-8(2)7-11(9)13/h5-7,10,13H,3-4,12H2,1-2H3/t10-/m0/s1. The molecule has 1 aromatic carbocycles. The van der Waals surface area contributed by atoms with Crippen molar-refractivity contribution in [1.29, 1.82) is 0 Å². The van der Waals surface area contributed by atoms with Crippen LogP contribution in [0.2, 0.25) is 0 Å². The van der Waals surface area contributed by atoms with Crippen LogP contribution in [0.25, 0.3) is 0 Å². The van der Waals surface area contributed by atoms with Crippen LogP contribution in [0.1, 0.15) is 36.9 Å². The maximum atomic E-state index is 9.61. The maximum Gasteiger partial charge on any atom is 0.120 e. The van der Waals surface area contributed by atoms with Crippen molar-refractivity contribution in [2.75, 3.05) is 0 Å². The number of nitrogens with two attached hydrogens (primary N) is 1. The van der Waals surface area contributed by atoms with E-state index in [9.17, 15) is 5.11 Å². The van der Waals surface area contributed by atoms with Crippen LogP contribution in [0.15, 0.2) is 18.2 Å². The van der Waals surface area contributed by atoms with Gasteiger partial charge < -0.3 is 10.8 Å². The molecular weight excluding hydrogens is 162 g/mol. The quantitative estimate of drug-likeness (QED) is 0.748. The normalized spacial score (nSPS) is 12.8. The SMILES string of the molecule is CCC[C@H](N)c1ccc(C)cc1O. The van der Waals surface area contributed by atoms with Gasteiger partial charge in [0.1, 0.15) is 5.75 Å². The maximum absolute atomic E-state index is 9.61. The third-order valence-corrected chi connectivity index (χ3v) is 2.19. The Morgan fingerprint density at radius 1 is 1.46 bits per heavy atom. The van der Waals surface area contributed by atoms with Gasteiger partial charge in [-0.15, -0.1) is 0 Å². The van der Waals surface area contributed by atoms with Crippen molar-refractivity contribution in [1.82, 2.24) is 0 Å². The second kappa shape index (κ2) is 4.28. The molecule has 72 valence electrons. The number of benzene rings is 1. The van der Waals surface area contributed by atoms with Crippen LogP contribution in [0.5, 0.6) is 5.75 Å². The van der Waals surface area contributed by atoms with Crippen LogP contribution >= 0.6 is 0 Å². The highest BCUT2D eigenvalue weighted by atomic mass is 16.3. The molecular formula is C11H17NO. The first kappa shape index (κ1) is 10.1. The van der Waals surface area contributed by atoms with Gasteiger partial charge in [0.05, 0.1) is 0 Å². The zero-order valence-corrected chi connectivity index (χ0v) is 8.25. The van der Waals surface area contributed by atoms with Gasteiger partial charge in [-0.05, 0) is 25.0 Å². The van der Waals surface area contributed by atoms with Gasteiger partial charge in [0.25, 0.3) is 0 Å². The first-order valence-electron chi connectivity index (χ1n) is 4.70. The van der Waals surface area contributed by atoms with Gasteiger partial charge in [-0.1, -0.05) is 25.5 Å². The summed E-state index contributed by atoms with van der Waals surface area (Å²) in [6.07, 6.45) is 1.95. The smallest absolute Gasteiger partial charge is 0.120 e. The molecule has 0 fully saturated rings. The number of aromatic hydroxyl groups is 1. The third-order valence-electron chi connectivity index (χ3n) is 2.19. The van der Waals surface area contributed by atoms with E-state index in [0.717, 1.165) is 24.0 Å². The molecule has 0 saturated carbocycles. The number of hydrogen-bond donors (Lipinski definition) is 2. The fraction of sp³-hybridized carbons (Fsp3) is 0.455. The summed E-state index contributed by atoms with van der Waals surface area (Å²) >= 11 is 0. The minimum Gasteiger partial charge on any atom is -0.508 e. The van der Waals surface area contributed by atoms with E-state index in [-0.39, 0.29) is 6.04 Å². The third kappa shape index (κ3) is 2.46. The molecule has 3 N–H and O–H groups in total. The molecule has 0 bridgehead atoms. The number of aryl methyl sites for hydroxylation is 1. The van der Waals surface area contributed by atoms with E-state index >= 15 is 0 Å². The molecule has 0 aromatic heterocycles. The molecule has 1 aromatic rings. The van der Waals surface area contributed by atoms with E-state index in [1.165, 1.54) is 0 Å². The van der Waals surface area contributed by atoms with Crippen LogP contribution in [0, 0.1) is 6.92 Å². The topological polar surface area (TPSA) is 46.2 Å². The Morgan fingerprint density at radius 3 is 2.69 bits per heavy atom. The number of phenolic OH excluding ortho intramolecular Hbond substituents is 1. The lowest BCUT2D eigenvalue weighted by Gasteiger charge is -2.12. The molecule has 0 aliphatic rings. The predicted molar refractivity (Wildman–Crippen MR) is 54.7 cm³/mol. The minimum absolute atomic E-state index is 0.0365. The van der Waals surface area contributed by atoms with Crippen LogP contribution in [0.4, 0.5) is 0 Å².